The van der Waals surface area contributed by atoms with Gasteiger partial charge in [-0.05, 0) is 31.9 Å². The molecule has 8 nitrogen and oxygen atoms in total. The van der Waals surface area contributed by atoms with E-state index in [1.165, 1.54) is 13.1 Å². The number of nitrogens with zero attached hydrogens (tertiary/aromatic N) is 4. The number of carbonyl (C=O) groups is 2. The summed E-state index contributed by atoms with van der Waals surface area (Å²) in [6, 6.07) is 5.06. The average Bonchev–Trinajstić information content (AvgIpc) is 3.10. The van der Waals surface area contributed by atoms with Gasteiger partial charge < -0.3 is 15.5 Å². The number of hydrogen-bond acceptors (Lipinski definition) is 6. The van der Waals surface area contributed by atoms with Crippen molar-refractivity contribution >= 4 is 23.5 Å². The number of hydrogen-bond donors (Lipinski definition) is 2. The van der Waals surface area contributed by atoms with E-state index in [1.54, 1.807) is 12.1 Å². The molecule has 0 spiro atoms. The first-order valence-electron chi connectivity index (χ1n) is 8.56. The summed E-state index contributed by atoms with van der Waals surface area (Å²) in [5.41, 5.74) is 1.33. The number of amides is 2. The smallest absolute Gasteiger partial charge is 0.254 e. The molecule has 1 aliphatic heterocycles. The topological polar surface area (TPSA) is 100 Å². The van der Waals surface area contributed by atoms with Gasteiger partial charge in [0.05, 0.1) is 11.7 Å². The molecule has 0 aromatic carbocycles. The van der Waals surface area contributed by atoms with Crippen LogP contribution in [0.4, 0.5) is 11.6 Å². The number of aryl methyl sites for hydroxylation is 1. The van der Waals surface area contributed by atoms with Crippen LogP contribution in [0, 0.1) is 6.92 Å². The molecule has 2 N–H and O–H groups in total. The Bertz CT molecular complexity index is 838. The summed E-state index contributed by atoms with van der Waals surface area (Å²) in [4.78, 5) is 39.0. The second-order valence-electron chi connectivity index (χ2n) is 6.24. The fraction of sp³-hybridized carbons (Fsp3) is 0.389. The van der Waals surface area contributed by atoms with Gasteiger partial charge in [0.25, 0.3) is 5.91 Å². The van der Waals surface area contributed by atoms with Gasteiger partial charge in [-0.3, -0.25) is 9.59 Å². The van der Waals surface area contributed by atoms with Crippen LogP contribution in [0.5, 0.6) is 0 Å². The summed E-state index contributed by atoms with van der Waals surface area (Å²) in [6.07, 6.45) is 3.30. The summed E-state index contributed by atoms with van der Waals surface area (Å²) < 4.78 is 0. The number of anilines is 2. The van der Waals surface area contributed by atoms with E-state index in [1.807, 2.05) is 24.9 Å². The maximum atomic E-state index is 13.0. The Hall–Kier alpha value is -3.03. The maximum absolute atomic E-state index is 13.0. The first kappa shape index (κ1) is 17.8. The highest BCUT2D eigenvalue weighted by molar-refractivity contribution is 5.96. The molecule has 0 bridgehead atoms. The molecule has 1 saturated heterocycles. The van der Waals surface area contributed by atoms with E-state index >= 15 is 0 Å². The summed E-state index contributed by atoms with van der Waals surface area (Å²) in [5.74, 6) is 1.46. The molecule has 1 fully saturated rings. The highest BCUT2D eigenvalue weighted by Crippen LogP contribution is 2.33. The fourth-order valence-electron chi connectivity index (χ4n) is 3.18. The van der Waals surface area contributed by atoms with E-state index in [-0.39, 0.29) is 17.9 Å². The minimum atomic E-state index is -0.225. The van der Waals surface area contributed by atoms with Crippen LogP contribution in [0.3, 0.4) is 0 Å². The predicted octanol–water partition coefficient (Wildman–Crippen LogP) is 2.16. The van der Waals surface area contributed by atoms with Crippen LogP contribution in [0.2, 0.25) is 0 Å². The van der Waals surface area contributed by atoms with Crippen LogP contribution in [0.1, 0.15) is 47.7 Å². The Balaban J connectivity index is 1.87. The Morgan fingerprint density at radius 1 is 1.23 bits per heavy atom. The standard InChI is InChI=1S/C18H22N6O2/c1-11-21-14(10-16(19-3)22-11)15-5-4-8-24(15)18(26)13-6-7-20-17(9-13)23-12(2)25/h6-7,9-10,15H,4-5,8H2,1-3H3,(H,19,21,22)(H,20,23,25). The van der Waals surface area contributed by atoms with Crippen molar-refractivity contribution in [1.29, 1.82) is 0 Å². The number of nitrogens with one attached hydrogen (secondary N) is 2. The summed E-state index contributed by atoms with van der Waals surface area (Å²) >= 11 is 0. The van der Waals surface area contributed by atoms with Crippen molar-refractivity contribution in [1.82, 2.24) is 19.9 Å². The van der Waals surface area contributed by atoms with Crippen LogP contribution in [0.25, 0.3) is 0 Å². The molecule has 8 heteroatoms. The highest BCUT2D eigenvalue weighted by Gasteiger charge is 2.32. The maximum Gasteiger partial charge on any atom is 0.254 e. The zero-order valence-electron chi connectivity index (χ0n) is 15.1. The molecule has 2 amide bonds. The molecule has 1 aliphatic rings. The monoisotopic (exact) mass is 354 g/mol. The van der Waals surface area contributed by atoms with Crippen LogP contribution in [-0.4, -0.2) is 45.3 Å². The Morgan fingerprint density at radius 2 is 2.04 bits per heavy atom. The Labute approximate surface area is 152 Å². The third-order valence-corrected chi connectivity index (χ3v) is 4.28. The van der Waals surface area contributed by atoms with Crippen LogP contribution >= 0.6 is 0 Å². The van der Waals surface area contributed by atoms with E-state index in [4.69, 9.17) is 0 Å². The van der Waals surface area contributed by atoms with E-state index in [0.717, 1.165) is 24.4 Å². The average molecular weight is 354 g/mol. The highest BCUT2D eigenvalue weighted by atomic mass is 16.2. The third-order valence-electron chi connectivity index (χ3n) is 4.28. The molecule has 26 heavy (non-hydrogen) atoms. The fourth-order valence-corrected chi connectivity index (χ4v) is 3.18. The summed E-state index contributed by atoms with van der Waals surface area (Å²) in [5, 5.41) is 5.64. The Kier molecular flexibility index (Phi) is 5.11. The number of pyridine rings is 1. The second kappa shape index (κ2) is 7.47. The molecular formula is C18H22N6O2. The van der Waals surface area contributed by atoms with Crippen molar-refractivity contribution in [3.63, 3.8) is 0 Å². The van der Waals surface area contributed by atoms with Gasteiger partial charge in [0.1, 0.15) is 17.5 Å². The zero-order chi connectivity index (χ0) is 18.7. The second-order valence-corrected chi connectivity index (χ2v) is 6.24. The van der Waals surface area contributed by atoms with Crippen molar-refractivity contribution in [3.05, 3.63) is 41.5 Å². The first-order valence-corrected chi connectivity index (χ1v) is 8.56. The molecule has 3 heterocycles. The molecule has 1 unspecified atom stereocenters. The van der Waals surface area contributed by atoms with E-state index in [9.17, 15) is 9.59 Å². The number of likely N-dealkylation sites (tertiary alicyclic amines) is 1. The molecule has 1 atom stereocenters. The van der Waals surface area contributed by atoms with Crippen LogP contribution in [-0.2, 0) is 4.79 Å². The first-order chi connectivity index (χ1) is 12.5. The summed E-state index contributed by atoms with van der Waals surface area (Å²) in [7, 11) is 1.81. The minimum Gasteiger partial charge on any atom is -0.373 e. The van der Waals surface area contributed by atoms with Crippen LogP contribution < -0.4 is 10.6 Å². The Morgan fingerprint density at radius 3 is 2.77 bits per heavy atom. The van der Waals surface area contributed by atoms with Gasteiger partial charge in [0.15, 0.2) is 0 Å². The van der Waals surface area contributed by atoms with Gasteiger partial charge in [-0.25, -0.2) is 15.0 Å². The summed E-state index contributed by atoms with van der Waals surface area (Å²) in [6.45, 7) is 3.91. The van der Waals surface area contributed by atoms with Crippen molar-refractivity contribution in [2.24, 2.45) is 0 Å². The lowest BCUT2D eigenvalue weighted by Gasteiger charge is -2.25. The lowest BCUT2D eigenvalue weighted by atomic mass is 10.1. The van der Waals surface area contributed by atoms with E-state index < -0.39 is 0 Å². The third kappa shape index (κ3) is 3.79. The molecule has 2 aromatic heterocycles. The number of rotatable bonds is 4. The van der Waals surface area contributed by atoms with Gasteiger partial charge in [-0.2, -0.15) is 0 Å². The molecule has 2 aromatic rings. The van der Waals surface area contributed by atoms with Gasteiger partial charge in [-0.15, -0.1) is 0 Å². The SMILES string of the molecule is CNc1cc(C2CCCN2C(=O)c2ccnc(NC(C)=O)c2)nc(C)n1. The van der Waals surface area contributed by atoms with Crippen LogP contribution in [0.15, 0.2) is 24.4 Å². The number of aromatic nitrogens is 3. The van der Waals surface area contributed by atoms with Crippen molar-refractivity contribution < 1.29 is 9.59 Å². The van der Waals surface area contributed by atoms with Gasteiger partial charge in [-0.1, -0.05) is 0 Å². The molecule has 0 saturated carbocycles. The van der Waals surface area contributed by atoms with Gasteiger partial charge >= 0.3 is 0 Å². The lowest BCUT2D eigenvalue weighted by molar-refractivity contribution is -0.114. The van der Waals surface area contributed by atoms with E-state index in [0.29, 0.717) is 23.8 Å². The lowest BCUT2D eigenvalue weighted by Crippen LogP contribution is -2.31. The predicted molar refractivity (Wildman–Crippen MR) is 97.9 cm³/mol. The largest absolute Gasteiger partial charge is 0.373 e. The van der Waals surface area contributed by atoms with Crippen molar-refractivity contribution in [2.45, 2.75) is 32.7 Å². The normalized spacial score (nSPS) is 16.4. The van der Waals surface area contributed by atoms with Gasteiger partial charge in [0, 0.05) is 38.3 Å². The number of carbonyl (C=O) groups excluding carboxylic acids is 2. The molecule has 0 aliphatic carbocycles. The quantitative estimate of drug-likeness (QED) is 0.873. The van der Waals surface area contributed by atoms with Crippen molar-refractivity contribution in [2.75, 3.05) is 24.2 Å². The molecule has 0 radical (unpaired) electrons. The molecular weight excluding hydrogens is 332 g/mol. The zero-order valence-corrected chi connectivity index (χ0v) is 15.1. The molecule has 3 rings (SSSR count). The minimum absolute atomic E-state index is 0.0892. The van der Waals surface area contributed by atoms with E-state index in [2.05, 4.69) is 25.6 Å². The molecule has 136 valence electrons. The van der Waals surface area contributed by atoms with Gasteiger partial charge in [0.2, 0.25) is 5.91 Å². The van der Waals surface area contributed by atoms with Crippen molar-refractivity contribution in [3.8, 4) is 0 Å².